The van der Waals surface area contributed by atoms with Crippen LogP contribution in [0.15, 0.2) is 39.0 Å². The third kappa shape index (κ3) is 3.80. The van der Waals surface area contributed by atoms with Crippen LogP contribution in [-0.4, -0.2) is 58.8 Å². The second kappa shape index (κ2) is 6.55. The molecule has 4 aromatic rings. The summed E-state index contributed by atoms with van der Waals surface area (Å²) in [7, 11) is -14.4. The molecule has 0 aliphatic heterocycles. The highest BCUT2D eigenvalue weighted by Crippen LogP contribution is 2.30. The Bertz CT molecular complexity index is 1720. The van der Waals surface area contributed by atoms with Crippen LogP contribution in [0.25, 0.3) is 33.7 Å². The number of benzene rings is 2. The highest BCUT2D eigenvalue weighted by atomic mass is 32.2. The molecule has 0 saturated carbocycles. The van der Waals surface area contributed by atoms with Gasteiger partial charge in [-0.15, -0.1) is 0 Å². The van der Waals surface area contributed by atoms with E-state index in [4.69, 9.17) is 0 Å². The van der Waals surface area contributed by atoms with Crippen LogP contribution in [0.4, 0.5) is 0 Å². The van der Waals surface area contributed by atoms with E-state index in [1.54, 1.807) is 13.0 Å². The van der Waals surface area contributed by atoms with Crippen LogP contribution < -0.4 is 0 Å². The zero-order valence-electron chi connectivity index (χ0n) is 15.2. The summed E-state index contributed by atoms with van der Waals surface area (Å²) >= 11 is 0. The molecule has 164 valence electrons. The van der Waals surface area contributed by atoms with Gasteiger partial charge in [0.1, 0.15) is 20.8 Å². The molecule has 2 aromatic carbocycles. The van der Waals surface area contributed by atoms with Crippen molar-refractivity contribution in [2.24, 2.45) is 0 Å². The lowest BCUT2D eigenvalue weighted by molar-refractivity contribution is 0.479. The molecule has 5 N–H and O–H groups in total. The molecule has 0 atom stereocenters. The van der Waals surface area contributed by atoms with Gasteiger partial charge in [0.2, 0.25) is 0 Å². The second-order valence-electron chi connectivity index (χ2n) is 6.57. The van der Waals surface area contributed by atoms with Crippen LogP contribution in [-0.2, 0) is 30.4 Å². The maximum atomic E-state index is 11.7. The van der Waals surface area contributed by atoms with Gasteiger partial charge < -0.3 is 9.97 Å². The molecule has 2 heterocycles. The Morgan fingerprint density at radius 2 is 1.13 bits per heavy atom. The van der Waals surface area contributed by atoms with Gasteiger partial charge in [0.15, 0.2) is 11.6 Å². The third-order valence-corrected chi connectivity index (χ3v) is 6.86. The van der Waals surface area contributed by atoms with E-state index in [0.717, 1.165) is 6.07 Å². The smallest absolute Gasteiger partial charge is 0.296 e. The largest absolute Gasteiger partial charge is 0.335 e. The maximum Gasteiger partial charge on any atom is 0.296 e. The SMILES string of the molecule is Cc1cc(S(=O)(=O)O)c2nc(-c3nc4c(S(=O)(=O)O)cc(S(=O)(=O)O)cc4[nH]3)[nH]c2c1. The number of hydrogen-bond acceptors (Lipinski definition) is 8. The highest BCUT2D eigenvalue weighted by Gasteiger charge is 2.25. The molecule has 0 spiro atoms. The summed E-state index contributed by atoms with van der Waals surface area (Å²) in [6, 6.07) is 4.18. The average molecular weight is 488 g/mol. The first kappa shape index (κ1) is 21.3. The van der Waals surface area contributed by atoms with Crippen LogP contribution in [0.3, 0.4) is 0 Å². The molecule has 2 aromatic heterocycles. The number of H-pyrrole nitrogens is 2. The molecule has 13 nitrogen and oxygen atoms in total. The predicted octanol–water partition coefficient (Wildman–Crippen LogP) is 1.15. The van der Waals surface area contributed by atoms with Gasteiger partial charge in [-0.25, -0.2) is 9.97 Å². The van der Waals surface area contributed by atoms with E-state index in [0.29, 0.717) is 11.6 Å². The third-order valence-electron chi connectivity index (χ3n) is 4.30. The van der Waals surface area contributed by atoms with E-state index < -0.39 is 45.0 Å². The fraction of sp³-hybridized carbons (Fsp3) is 0.0667. The van der Waals surface area contributed by atoms with E-state index in [-0.39, 0.29) is 33.7 Å². The van der Waals surface area contributed by atoms with Crippen molar-refractivity contribution in [3.05, 3.63) is 29.8 Å². The number of rotatable bonds is 4. The van der Waals surface area contributed by atoms with E-state index in [9.17, 15) is 38.9 Å². The van der Waals surface area contributed by atoms with Gasteiger partial charge in [0, 0.05) is 0 Å². The van der Waals surface area contributed by atoms with Crippen molar-refractivity contribution in [1.82, 2.24) is 19.9 Å². The van der Waals surface area contributed by atoms with Crippen molar-refractivity contribution in [3.63, 3.8) is 0 Å². The van der Waals surface area contributed by atoms with Crippen LogP contribution >= 0.6 is 0 Å². The molecular formula is C15H12N4O9S3. The minimum atomic E-state index is -4.94. The summed E-state index contributed by atoms with van der Waals surface area (Å²) in [4.78, 5) is 11.3. The first-order valence-corrected chi connectivity index (χ1v) is 12.4. The Labute approximate surface area is 174 Å². The molecule has 0 fully saturated rings. The number of aryl methyl sites for hydroxylation is 1. The molecule has 0 amide bonds. The number of fused-ring (bicyclic) bond motifs is 2. The van der Waals surface area contributed by atoms with E-state index >= 15 is 0 Å². The van der Waals surface area contributed by atoms with Crippen molar-refractivity contribution < 1.29 is 38.9 Å². The fourth-order valence-electron chi connectivity index (χ4n) is 3.05. The monoisotopic (exact) mass is 488 g/mol. The number of aromatic amines is 2. The Kier molecular flexibility index (Phi) is 4.51. The number of aromatic nitrogens is 4. The number of hydrogen-bond donors (Lipinski definition) is 5. The molecule has 0 aliphatic rings. The van der Waals surface area contributed by atoms with Gasteiger partial charge in [0.25, 0.3) is 30.4 Å². The topological polar surface area (TPSA) is 220 Å². The maximum absolute atomic E-state index is 11.7. The summed E-state index contributed by atoms with van der Waals surface area (Å²) in [5.74, 6) is -0.209. The standard InChI is InChI=1S/C15H12N4O9S3/c1-6-2-8-12(10(3-6)30(23,24)25)18-14(16-8)15-17-9-4-7(29(20,21)22)5-11(13(9)19-15)31(26,27)28/h2-5H,1H3,(H,16,18)(H,17,19)(H,20,21,22)(H,23,24,25)(H,26,27,28). The first-order chi connectivity index (χ1) is 14.1. The van der Waals surface area contributed by atoms with Crippen LogP contribution in [0.5, 0.6) is 0 Å². The van der Waals surface area contributed by atoms with Crippen molar-refractivity contribution in [2.45, 2.75) is 21.6 Å². The van der Waals surface area contributed by atoms with Crippen molar-refractivity contribution in [1.29, 1.82) is 0 Å². The zero-order chi connectivity index (χ0) is 22.9. The lowest BCUT2D eigenvalue weighted by atomic mass is 10.2. The minimum Gasteiger partial charge on any atom is -0.335 e. The fourth-order valence-corrected chi connectivity index (χ4v) is 5.07. The summed E-state index contributed by atoms with van der Waals surface area (Å²) in [6.45, 7) is 1.59. The predicted molar refractivity (Wildman–Crippen MR) is 105 cm³/mol. The van der Waals surface area contributed by atoms with E-state index in [1.807, 2.05) is 0 Å². The van der Waals surface area contributed by atoms with Crippen molar-refractivity contribution >= 4 is 52.4 Å². The van der Waals surface area contributed by atoms with Gasteiger partial charge >= 0.3 is 0 Å². The molecule has 16 heteroatoms. The van der Waals surface area contributed by atoms with Crippen molar-refractivity contribution in [2.75, 3.05) is 0 Å². The zero-order valence-corrected chi connectivity index (χ0v) is 17.7. The quantitative estimate of drug-likeness (QED) is 0.256. The molecule has 4 rings (SSSR count). The van der Waals surface area contributed by atoms with Crippen LogP contribution in [0, 0.1) is 6.92 Å². The van der Waals surface area contributed by atoms with E-state index in [2.05, 4.69) is 19.9 Å². The molecule has 0 radical (unpaired) electrons. The summed E-state index contributed by atoms with van der Waals surface area (Å²) in [5, 5.41) is 0. The summed E-state index contributed by atoms with van der Waals surface area (Å²) in [6.07, 6.45) is 0. The minimum absolute atomic E-state index is 0.0728. The Morgan fingerprint density at radius 3 is 1.58 bits per heavy atom. The Morgan fingerprint density at radius 1 is 0.677 bits per heavy atom. The molecule has 0 saturated heterocycles. The molecular weight excluding hydrogens is 476 g/mol. The van der Waals surface area contributed by atoms with Gasteiger partial charge in [-0.2, -0.15) is 25.3 Å². The first-order valence-electron chi connectivity index (χ1n) is 8.11. The normalized spacial score (nSPS) is 13.3. The molecule has 31 heavy (non-hydrogen) atoms. The Balaban J connectivity index is 2.03. The highest BCUT2D eigenvalue weighted by molar-refractivity contribution is 7.87. The second-order valence-corrected chi connectivity index (χ2v) is 10.8. The number of nitrogens with zero attached hydrogens (tertiary/aromatic N) is 2. The Hall–Kier alpha value is -2.89. The van der Waals surface area contributed by atoms with Crippen LogP contribution in [0.1, 0.15) is 5.56 Å². The van der Waals surface area contributed by atoms with Gasteiger partial charge in [-0.05, 0) is 36.8 Å². The van der Waals surface area contributed by atoms with E-state index in [1.165, 1.54) is 6.07 Å². The average Bonchev–Trinajstić information content (AvgIpc) is 3.20. The summed E-state index contributed by atoms with van der Waals surface area (Å²) < 4.78 is 97.9. The lowest BCUT2D eigenvalue weighted by Gasteiger charge is -2.02. The van der Waals surface area contributed by atoms with Gasteiger partial charge in [0.05, 0.1) is 15.9 Å². The van der Waals surface area contributed by atoms with Gasteiger partial charge in [-0.3, -0.25) is 13.7 Å². The van der Waals surface area contributed by atoms with Crippen LogP contribution in [0.2, 0.25) is 0 Å². The van der Waals surface area contributed by atoms with Crippen molar-refractivity contribution in [3.8, 4) is 11.6 Å². The van der Waals surface area contributed by atoms with Gasteiger partial charge in [-0.1, -0.05) is 0 Å². The molecule has 0 bridgehead atoms. The lowest BCUT2D eigenvalue weighted by Crippen LogP contribution is -2.04. The molecule has 0 aliphatic carbocycles. The number of imidazole rings is 2. The number of nitrogens with one attached hydrogen (secondary N) is 2. The summed E-state index contributed by atoms with van der Waals surface area (Å²) in [5.41, 5.74) is 0.0706. The molecule has 0 unspecified atom stereocenters.